The van der Waals surface area contributed by atoms with E-state index in [0.29, 0.717) is 18.3 Å². The van der Waals surface area contributed by atoms with Crippen molar-refractivity contribution in [3.8, 4) is 0 Å². The largest absolute Gasteiger partial charge is 0.393 e. The maximum atomic E-state index is 11.0. The first-order valence-corrected chi connectivity index (χ1v) is 6.59. The van der Waals surface area contributed by atoms with E-state index >= 15 is 0 Å². The molecule has 0 saturated heterocycles. The van der Waals surface area contributed by atoms with Crippen molar-refractivity contribution in [3.63, 3.8) is 0 Å². The van der Waals surface area contributed by atoms with Gasteiger partial charge in [-0.1, -0.05) is 6.42 Å². The monoisotopic (exact) mass is 265 g/mol. The maximum absolute atomic E-state index is 11.0. The van der Waals surface area contributed by atoms with Crippen molar-refractivity contribution in [2.45, 2.75) is 38.7 Å². The lowest BCUT2D eigenvalue weighted by molar-refractivity contribution is -0.384. The van der Waals surface area contributed by atoms with Gasteiger partial charge in [-0.05, 0) is 37.7 Å². The minimum atomic E-state index is -0.419. The molecule has 0 amide bonds. The third-order valence-corrected chi connectivity index (χ3v) is 3.51. The summed E-state index contributed by atoms with van der Waals surface area (Å²) >= 11 is 0. The van der Waals surface area contributed by atoms with Crippen LogP contribution in [0, 0.1) is 23.0 Å². The first kappa shape index (κ1) is 13.7. The number of aromatic nitrogens is 1. The summed E-state index contributed by atoms with van der Waals surface area (Å²) in [7, 11) is 0. The van der Waals surface area contributed by atoms with E-state index in [1.165, 1.54) is 6.07 Å². The van der Waals surface area contributed by atoms with E-state index in [-0.39, 0.29) is 11.8 Å². The molecule has 1 saturated carbocycles. The standard InChI is InChI=1S/C13H19N3O3/c1-9-5-12(16(18)19)13(14-7-9)15-8-10-3-2-4-11(17)6-10/h5,7,10-11,17H,2-4,6,8H2,1H3,(H,14,15). The highest BCUT2D eigenvalue weighted by atomic mass is 16.6. The molecule has 0 aromatic carbocycles. The normalized spacial score (nSPS) is 23.1. The van der Waals surface area contributed by atoms with Crippen LogP contribution in [0.2, 0.25) is 0 Å². The van der Waals surface area contributed by atoms with Crippen LogP contribution in [-0.2, 0) is 0 Å². The molecule has 0 radical (unpaired) electrons. The lowest BCUT2D eigenvalue weighted by Crippen LogP contribution is -2.25. The molecule has 2 rings (SSSR count). The van der Waals surface area contributed by atoms with E-state index in [1.54, 1.807) is 13.1 Å². The third-order valence-electron chi connectivity index (χ3n) is 3.51. The Labute approximate surface area is 112 Å². The van der Waals surface area contributed by atoms with Gasteiger partial charge in [-0.15, -0.1) is 0 Å². The van der Waals surface area contributed by atoms with Gasteiger partial charge in [0.25, 0.3) is 0 Å². The number of hydrogen-bond donors (Lipinski definition) is 2. The van der Waals surface area contributed by atoms with Gasteiger partial charge in [0.2, 0.25) is 5.82 Å². The molecule has 2 atom stereocenters. The van der Waals surface area contributed by atoms with Crippen LogP contribution in [-0.4, -0.2) is 27.7 Å². The summed E-state index contributed by atoms with van der Waals surface area (Å²) < 4.78 is 0. The quantitative estimate of drug-likeness (QED) is 0.644. The zero-order valence-electron chi connectivity index (χ0n) is 11.0. The highest BCUT2D eigenvalue weighted by Gasteiger charge is 2.21. The number of rotatable bonds is 4. The number of anilines is 1. The second-order valence-electron chi connectivity index (χ2n) is 5.20. The molecule has 2 unspecified atom stereocenters. The van der Waals surface area contributed by atoms with E-state index in [0.717, 1.165) is 31.2 Å². The Bertz CT molecular complexity index is 464. The highest BCUT2D eigenvalue weighted by molar-refractivity contribution is 5.56. The van der Waals surface area contributed by atoms with Crippen molar-refractivity contribution in [1.29, 1.82) is 0 Å². The van der Waals surface area contributed by atoms with E-state index in [4.69, 9.17) is 0 Å². The minimum Gasteiger partial charge on any atom is -0.393 e. The van der Waals surface area contributed by atoms with Gasteiger partial charge in [-0.25, -0.2) is 4.98 Å². The van der Waals surface area contributed by atoms with Crippen molar-refractivity contribution in [3.05, 3.63) is 27.9 Å². The SMILES string of the molecule is Cc1cnc(NCC2CCCC(O)C2)c([N+](=O)[O-])c1. The second-order valence-corrected chi connectivity index (χ2v) is 5.20. The molecule has 6 nitrogen and oxygen atoms in total. The average molecular weight is 265 g/mol. The van der Waals surface area contributed by atoms with Gasteiger partial charge in [0.05, 0.1) is 11.0 Å². The summed E-state index contributed by atoms with van der Waals surface area (Å²) in [4.78, 5) is 14.6. The van der Waals surface area contributed by atoms with Crippen molar-refractivity contribution in [1.82, 2.24) is 4.98 Å². The van der Waals surface area contributed by atoms with Gasteiger partial charge >= 0.3 is 5.69 Å². The number of aryl methyl sites for hydroxylation is 1. The van der Waals surface area contributed by atoms with Crippen LogP contribution in [0.15, 0.2) is 12.3 Å². The fraction of sp³-hybridized carbons (Fsp3) is 0.615. The molecule has 1 aromatic heterocycles. The Morgan fingerprint density at radius 1 is 1.58 bits per heavy atom. The van der Waals surface area contributed by atoms with Crippen molar-refractivity contribution in [2.24, 2.45) is 5.92 Å². The molecule has 0 bridgehead atoms. The zero-order chi connectivity index (χ0) is 13.8. The molecule has 6 heteroatoms. The molecular weight excluding hydrogens is 246 g/mol. The van der Waals surface area contributed by atoms with Gasteiger partial charge in [0.1, 0.15) is 0 Å². The molecule has 1 aliphatic carbocycles. The topological polar surface area (TPSA) is 88.3 Å². The number of nitro groups is 1. The molecule has 0 spiro atoms. The Kier molecular flexibility index (Phi) is 4.31. The van der Waals surface area contributed by atoms with Gasteiger partial charge in [0, 0.05) is 18.8 Å². The summed E-state index contributed by atoms with van der Waals surface area (Å²) in [6.07, 6.45) is 5.05. The van der Waals surface area contributed by atoms with Crippen LogP contribution in [0.1, 0.15) is 31.2 Å². The van der Waals surface area contributed by atoms with Gasteiger partial charge < -0.3 is 10.4 Å². The summed E-state index contributed by atoms with van der Waals surface area (Å²) in [5.41, 5.74) is 0.779. The number of pyridine rings is 1. The lowest BCUT2D eigenvalue weighted by Gasteiger charge is -2.25. The van der Waals surface area contributed by atoms with Crippen LogP contribution >= 0.6 is 0 Å². The Morgan fingerprint density at radius 3 is 3.05 bits per heavy atom. The maximum Gasteiger partial charge on any atom is 0.311 e. The predicted molar refractivity (Wildman–Crippen MR) is 72.1 cm³/mol. The van der Waals surface area contributed by atoms with E-state index in [2.05, 4.69) is 10.3 Å². The Morgan fingerprint density at radius 2 is 2.37 bits per heavy atom. The highest BCUT2D eigenvalue weighted by Crippen LogP contribution is 2.27. The Hall–Kier alpha value is -1.69. The minimum absolute atomic E-state index is 0.0105. The Balaban J connectivity index is 2.01. The molecular formula is C13H19N3O3. The number of nitrogens with zero attached hydrogens (tertiary/aromatic N) is 2. The molecule has 19 heavy (non-hydrogen) atoms. The van der Waals surface area contributed by atoms with Crippen molar-refractivity contribution >= 4 is 11.5 Å². The fourth-order valence-electron chi connectivity index (χ4n) is 2.52. The number of aliphatic hydroxyl groups excluding tert-OH is 1. The number of hydrogen-bond acceptors (Lipinski definition) is 5. The fourth-order valence-corrected chi connectivity index (χ4v) is 2.52. The number of aliphatic hydroxyl groups is 1. The van der Waals surface area contributed by atoms with Crippen LogP contribution < -0.4 is 5.32 Å². The van der Waals surface area contributed by atoms with Crippen LogP contribution in [0.4, 0.5) is 11.5 Å². The molecule has 1 aliphatic rings. The van der Waals surface area contributed by atoms with E-state index in [1.807, 2.05) is 0 Å². The predicted octanol–water partition coefficient (Wildman–Crippen LogP) is 2.26. The van der Waals surface area contributed by atoms with Gasteiger partial charge in [-0.3, -0.25) is 10.1 Å². The van der Waals surface area contributed by atoms with E-state index < -0.39 is 4.92 Å². The molecule has 1 aromatic rings. The van der Waals surface area contributed by atoms with Gasteiger partial charge in [0.15, 0.2) is 0 Å². The first-order valence-electron chi connectivity index (χ1n) is 6.59. The van der Waals surface area contributed by atoms with E-state index in [9.17, 15) is 15.2 Å². The zero-order valence-corrected chi connectivity index (χ0v) is 11.0. The molecule has 1 fully saturated rings. The summed E-state index contributed by atoms with van der Waals surface area (Å²) in [5, 5.41) is 23.6. The summed E-state index contributed by atoms with van der Waals surface area (Å²) in [6, 6.07) is 1.52. The van der Waals surface area contributed by atoms with Crippen LogP contribution in [0.3, 0.4) is 0 Å². The summed E-state index contributed by atoms with van der Waals surface area (Å²) in [5.74, 6) is 0.669. The van der Waals surface area contributed by atoms with Crippen molar-refractivity contribution in [2.75, 3.05) is 11.9 Å². The molecule has 104 valence electrons. The number of nitrogens with one attached hydrogen (secondary N) is 1. The smallest absolute Gasteiger partial charge is 0.311 e. The van der Waals surface area contributed by atoms with Crippen LogP contribution in [0.5, 0.6) is 0 Å². The van der Waals surface area contributed by atoms with Crippen LogP contribution in [0.25, 0.3) is 0 Å². The molecule has 1 heterocycles. The molecule has 0 aliphatic heterocycles. The third kappa shape index (κ3) is 3.64. The van der Waals surface area contributed by atoms with Gasteiger partial charge in [-0.2, -0.15) is 0 Å². The lowest BCUT2D eigenvalue weighted by atomic mass is 9.87. The second kappa shape index (κ2) is 5.97. The molecule has 2 N–H and O–H groups in total. The van der Waals surface area contributed by atoms with Crippen molar-refractivity contribution < 1.29 is 10.0 Å². The first-order chi connectivity index (χ1) is 9.06. The summed E-state index contributed by atoms with van der Waals surface area (Å²) in [6.45, 7) is 2.40. The average Bonchev–Trinajstić information content (AvgIpc) is 2.37.